The highest BCUT2D eigenvalue weighted by Crippen LogP contribution is 2.31. The molecule has 0 spiro atoms. The Kier molecular flexibility index (Phi) is 4.04. The van der Waals surface area contributed by atoms with E-state index in [9.17, 15) is 9.59 Å². The van der Waals surface area contributed by atoms with Crippen LogP contribution in [0.4, 0.5) is 0 Å². The first-order chi connectivity index (χ1) is 13.7. The maximum absolute atomic E-state index is 12.9. The van der Waals surface area contributed by atoms with Gasteiger partial charge in [-0.2, -0.15) is 0 Å². The lowest BCUT2D eigenvalue weighted by molar-refractivity contribution is -0.136. The first-order valence-electron chi connectivity index (χ1n) is 9.61. The zero-order valence-electron chi connectivity index (χ0n) is 15.3. The molecule has 2 unspecified atom stereocenters. The molecule has 2 saturated heterocycles. The van der Waals surface area contributed by atoms with Crippen LogP contribution in [0.25, 0.3) is 22.0 Å². The highest BCUT2D eigenvalue weighted by molar-refractivity contribution is 5.92. The number of amides is 2. The van der Waals surface area contributed by atoms with Gasteiger partial charge >= 0.3 is 0 Å². The number of nitrogens with zero attached hydrogens (tertiary/aromatic N) is 3. The SMILES string of the molecule is O=C1NCCC1N1CCC(c2nccc(-c3ccc4ccccc4c3)n2)C1=O. The second-order valence-electron chi connectivity index (χ2n) is 7.33. The van der Waals surface area contributed by atoms with Crippen molar-refractivity contribution in [3.8, 4) is 11.3 Å². The van der Waals surface area contributed by atoms with Crippen molar-refractivity contribution in [3.63, 3.8) is 0 Å². The quantitative estimate of drug-likeness (QED) is 0.767. The van der Waals surface area contributed by atoms with Crippen molar-refractivity contribution in [2.45, 2.75) is 24.8 Å². The maximum Gasteiger partial charge on any atom is 0.242 e. The molecule has 2 aliphatic heterocycles. The zero-order valence-corrected chi connectivity index (χ0v) is 15.3. The van der Waals surface area contributed by atoms with Crippen molar-refractivity contribution in [1.29, 1.82) is 0 Å². The van der Waals surface area contributed by atoms with Crippen LogP contribution in [0.15, 0.2) is 54.7 Å². The number of aromatic nitrogens is 2. The highest BCUT2D eigenvalue weighted by atomic mass is 16.2. The summed E-state index contributed by atoms with van der Waals surface area (Å²) in [4.78, 5) is 35.7. The Bertz CT molecular complexity index is 1080. The summed E-state index contributed by atoms with van der Waals surface area (Å²) < 4.78 is 0. The molecule has 1 aromatic heterocycles. The van der Waals surface area contributed by atoms with Crippen molar-refractivity contribution in [3.05, 3.63) is 60.6 Å². The number of hydrogen-bond acceptors (Lipinski definition) is 4. The third kappa shape index (κ3) is 2.81. The van der Waals surface area contributed by atoms with E-state index in [-0.39, 0.29) is 23.8 Å². The molecular weight excluding hydrogens is 352 g/mol. The Morgan fingerprint density at radius 2 is 1.86 bits per heavy atom. The van der Waals surface area contributed by atoms with Gasteiger partial charge in [-0.15, -0.1) is 0 Å². The second-order valence-corrected chi connectivity index (χ2v) is 7.33. The molecule has 2 aromatic carbocycles. The Balaban J connectivity index is 1.44. The third-order valence-electron chi connectivity index (χ3n) is 5.67. The average Bonchev–Trinajstić information content (AvgIpc) is 3.32. The summed E-state index contributed by atoms with van der Waals surface area (Å²) >= 11 is 0. The fourth-order valence-corrected chi connectivity index (χ4v) is 4.18. The van der Waals surface area contributed by atoms with Crippen molar-refractivity contribution in [2.24, 2.45) is 0 Å². The van der Waals surface area contributed by atoms with E-state index in [4.69, 9.17) is 4.98 Å². The van der Waals surface area contributed by atoms with Crippen molar-refractivity contribution in [2.75, 3.05) is 13.1 Å². The van der Waals surface area contributed by atoms with Crippen LogP contribution >= 0.6 is 0 Å². The monoisotopic (exact) mass is 372 g/mol. The smallest absolute Gasteiger partial charge is 0.242 e. The molecule has 0 radical (unpaired) electrons. The molecule has 6 nitrogen and oxygen atoms in total. The largest absolute Gasteiger partial charge is 0.354 e. The Hall–Kier alpha value is -3.28. The van der Waals surface area contributed by atoms with Gasteiger partial charge in [0.25, 0.3) is 0 Å². The summed E-state index contributed by atoms with van der Waals surface area (Å²) in [6.07, 6.45) is 3.03. The number of likely N-dealkylation sites (tertiary alicyclic amines) is 1. The average molecular weight is 372 g/mol. The minimum atomic E-state index is -0.381. The van der Waals surface area contributed by atoms with Gasteiger partial charge < -0.3 is 10.2 Å². The molecule has 2 fully saturated rings. The Morgan fingerprint density at radius 1 is 1.00 bits per heavy atom. The van der Waals surface area contributed by atoms with Crippen molar-refractivity contribution >= 4 is 22.6 Å². The van der Waals surface area contributed by atoms with Gasteiger partial charge in [0.05, 0.1) is 11.6 Å². The van der Waals surface area contributed by atoms with E-state index in [1.807, 2.05) is 24.3 Å². The predicted octanol–water partition coefficient (Wildman–Crippen LogP) is 2.50. The number of carbonyl (C=O) groups excluding carboxylic acids is 2. The van der Waals surface area contributed by atoms with Crippen LogP contribution in [0.5, 0.6) is 0 Å². The lowest BCUT2D eigenvalue weighted by Crippen LogP contribution is -2.42. The van der Waals surface area contributed by atoms with E-state index < -0.39 is 0 Å². The van der Waals surface area contributed by atoms with Gasteiger partial charge in [-0.25, -0.2) is 9.97 Å². The molecule has 140 valence electrons. The summed E-state index contributed by atoms with van der Waals surface area (Å²) in [5, 5.41) is 5.13. The molecule has 2 atom stereocenters. The molecule has 0 bridgehead atoms. The Labute approximate surface area is 162 Å². The summed E-state index contributed by atoms with van der Waals surface area (Å²) in [5.41, 5.74) is 1.81. The molecular formula is C22H20N4O2. The number of hydrogen-bond donors (Lipinski definition) is 1. The van der Waals surface area contributed by atoms with Crippen LogP contribution in [0.1, 0.15) is 24.6 Å². The van der Waals surface area contributed by atoms with Gasteiger partial charge in [0.2, 0.25) is 11.8 Å². The van der Waals surface area contributed by atoms with Crippen LogP contribution in [-0.2, 0) is 9.59 Å². The minimum Gasteiger partial charge on any atom is -0.354 e. The normalized spacial score (nSPS) is 22.1. The first kappa shape index (κ1) is 16.9. The van der Waals surface area contributed by atoms with Crippen molar-refractivity contribution in [1.82, 2.24) is 20.2 Å². The van der Waals surface area contributed by atoms with Gasteiger partial charge in [0.15, 0.2) is 0 Å². The first-order valence-corrected chi connectivity index (χ1v) is 9.61. The molecule has 0 saturated carbocycles. The van der Waals surface area contributed by atoms with E-state index >= 15 is 0 Å². The van der Waals surface area contributed by atoms with Crippen LogP contribution in [-0.4, -0.2) is 45.8 Å². The molecule has 3 heterocycles. The minimum absolute atomic E-state index is 0.0438. The summed E-state index contributed by atoms with van der Waals surface area (Å²) in [7, 11) is 0. The zero-order chi connectivity index (χ0) is 19.1. The lowest BCUT2D eigenvalue weighted by Gasteiger charge is -2.21. The van der Waals surface area contributed by atoms with E-state index in [0.717, 1.165) is 16.6 Å². The van der Waals surface area contributed by atoms with Crippen LogP contribution in [0, 0.1) is 0 Å². The lowest BCUT2D eigenvalue weighted by atomic mass is 10.0. The van der Waals surface area contributed by atoms with E-state index in [0.29, 0.717) is 31.8 Å². The van der Waals surface area contributed by atoms with Gasteiger partial charge in [0.1, 0.15) is 11.9 Å². The molecule has 2 amide bonds. The molecule has 2 aliphatic rings. The van der Waals surface area contributed by atoms with E-state index in [1.165, 1.54) is 5.39 Å². The summed E-state index contributed by atoms with van der Waals surface area (Å²) in [6.45, 7) is 1.21. The second kappa shape index (κ2) is 6.71. The van der Waals surface area contributed by atoms with Crippen LogP contribution in [0.3, 0.4) is 0 Å². The van der Waals surface area contributed by atoms with Crippen molar-refractivity contribution < 1.29 is 9.59 Å². The molecule has 28 heavy (non-hydrogen) atoms. The van der Waals surface area contributed by atoms with Crippen LogP contribution in [0.2, 0.25) is 0 Å². The molecule has 1 N–H and O–H groups in total. The van der Waals surface area contributed by atoms with E-state index in [2.05, 4.69) is 34.6 Å². The Morgan fingerprint density at radius 3 is 2.68 bits per heavy atom. The number of carbonyl (C=O) groups is 2. The van der Waals surface area contributed by atoms with E-state index in [1.54, 1.807) is 11.1 Å². The number of fused-ring (bicyclic) bond motifs is 1. The van der Waals surface area contributed by atoms with Gasteiger partial charge in [0, 0.05) is 24.8 Å². The molecule has 0 aliphatic carbocycles. The molecule has 5 rings (SSSR count). The van der Waals surface area contributed by atoms with Gasteiger partial charge in [-0.1, -0.05) is 36.4 Å². The summed E-state index contributed by atoms with van der Waals surface area (Å²) in [6, 6.07) is 15.9. The fraction of sp³-hybridized carbons (Fsp3) is 0.273. The highest BCUT2D eigenvalue weighted by Gasteiger charge is 2.42. The maximum atomic E-state index is 12.9. The predicted molar refractivity (Wildman–Crippen MR) is 105 cm³/mol. The molecule has 6 heteroatoms. The van der Waals surface area contributed by atoms with Gasteiger partial charge in [-0.05, 0) is 35.7 Å². The number of benzene rings is 2. The topological polar surface area (TPSA) is 75.2 Å². The molecule has 3 aromatic rings. The third-order valence-corrected chi connectivity index (χ3v) is 5.67. The number of nitrogens with one attached hydrogen (secondary N) is 1. The standard InChI is InChI=1S/C22H20N4O2/c27-21-19(8-11-24-21)26-12-9-17(22(26)28)20-23-10-7-18(25-20)16-6-5-14-3-1-2-4-15(14)13-16/h1-7,10,13,17,19H,8-9,11-12H2,(H,24,27). The number of rotatable bonds is 3. The fourth-order valence-electron chi connectivity index (χ4n) is 4.18. The van der Waals surface area contributed by atoms with Crippen LogP contribution < -0.4 is 5.32 Å². The van der Waals surface area contributed by atoms with Gasteiger partial charge in [-0.3, -0.25) is 9.59 Å². The summed E-state index contributed by atoms with van der Waals surface area (Å²) in [5.74, 6) is 0.0583.